The number of halogens is 2. The van der Waals surface area contributed by atoms with Crippen molar-refractivity contribution in [2.24, 2.45) is 0 Å². The van der Waals surface area contributed by atoms with Crippen molar-refractivity contribution in [3.05, 3.63) is 33.8 Å². The zero-order valence-electron chi connectivity index (χ0n) is 8.68. The maximum absolute atomic E-state index is 6.10. The van der Waals surface area contributed by atoms with E-state index in [2.05, 4.69) is 5.92 Å². The molecule has 0 aromatic heterocycles. The Morgan fingerprint density at radius 2 is 2.13 bits per heavy atom. The van der Waals surface area contributed by atoms with Crippen molar-refractivity contribution in [3.8, 4) is 12.3 Å². The average molecular weight is 243 g/mol. The first-order valence-corrected chi connectivity index (χ1v) is 5.23. The maximum atomic E-state index is 6.10. The molecule has 0 radical (unpaired) electrons. The summed E-state index contributed by atoms with van der Waals surface area (Å²) in [6.45, 7) is 1.90. The molecule has 1 rings (SSSR count). The third-order valence-electron chi connectivity index (χ3n) is 2.39. The molecule has 0 aliphatic heterocycles. The number of hydrogen-bond donors (Lipinski definition) is 0. The van der Waals surface area contributed by atoms with E-state index in [0.717, 1.165) is 5.56 Å². The molecule has 0 N–H and O–H groups in total. The third kappa shape index (κ3) is 2.66. The van der Waals surface area contributed by atoms with Gasteiger partial charge in [0.1, 0.15) is 5.60 Å². The van der Waals surface area contributed by atoms with Crippen LogP contribution in [0.1, 0.15) is 18.9 Å². The van der Waals surface area contributed by atoms with Gasteiger partial charge in [0.05, 0.1) is 0 Å². The van der Waals surface area contributed by atoms with E-state index in [1.807, 2.05) is 13.0 Å². The molecular weight excluding hydrogens is 231 g/mol. The van der Waals surface area contributed by atoms with Crippen LogP contribution in [0.4, 0.5) is 0 Å². The molecule has 15 heavy (non-hydrogen) atoms. The van der Waals surface area contributed by atoms with Crippen molar-refractivity contribution in [1.82, 2.24) is 0 Å². The van der Waals surface area contributed by atoms with Crippen LogP contribution in [0.3, 0.4) is 0 Å². The molecule has 0 aliphatic carbocycles. The van der Waals surface area contributed by atoms with Crippen molar-refractivity contribution in [2.75, 3.05) is 7.11 Å². The van der Waals surface area contributed by atoms with Gasteiger partial charge in [-0.2, -0.15) is 0 Å². The second-order valence-corrected chi connectivity index (χ2v) is 4.28. The molecule has 0 spiro atoms. The van der Waals surface area contributed by atoms with Crippen LogP contribution in [-0.4, -0.2) is 7.11 Å². The smallest absolute Gasteiger partial charge is 0.102 e. The predicted octanol–water partition coefficient (Wildman–Crippen LogP) is 3.88. The lowest BCUT2D eigenvalue weighted by Gasteiger charge is -2.27. The van der Waals surface area contributed by atoms with Crippen molar-refractivity contribution < 1.29 is 4.74 Å². The fraction of sp³-hybridized carbons (Fsp3) is 0.333. The minimum Gasteiger partial charge on any atom is -0.373 e. The predicted molar refractivity (Wildman–Crippen MR) is 64.3 cm³/mol. The van der Waals surface area contributed by atoms with Crippen molar-refractivity contribution in [1.29, 1.82) is 0 Å². The van der Waals surface area contributed by atoms with Crippen LogP contribution in [0.25, 0.3) is 0 Å². The SMILES string of the molecule is C#CCC(C)(OC)c1ccc(Cl)cc1Cl. The Bertz CT molecular complexity index is 395. The highest BCUT2D eigenvalue weighted by molar-refractivity contribution is 6.35. The summed E-state index contributed by atoms with van der Waals surface area (Å²) in [4.78, 5) is 0. The molecule has 1 unspecified atom stereocenters. The number of terminal acetylenes is 1. The highest BCUT2D eigenvalue weighted by atomic mass is 35.5. The zero-order chi connectivity index (χ0) is 11.5. The lowest BCUT2D eigenvalue weighted by atomic mass is 9.92. The topological polar surface area (TPSA) is 9.23 Å². The van der Waals surface area contributed by atoms with Gasteiger partial charge in [0, 0.05) is 29.1 Å². The summed E-state index contributed by atoms with van der Waals surface area (Å²) in [5.74, 6) is 2.58. The van der Waals surface area contributed by atoms with Crippen molar-refractivity contribution >= 4 is 23.2 Å². The fourth-order valence-corrected chi connectivity index (χ4v) is 2.00. The monoisotopic (exact) mass is 242 g/mol. The van der Waals surface area contributed by atoms with Gasteiger partial charge in [-0.25, -0.2) is 0 Å². The van der Waals surface area contributed by atoms with Gasteiger partial charge >= 0.3 is 0 Å². The summed E-state index contributed by atoms with van der Waals surface area (Å²) < 4.78 is 5.41. The summed E-state index contributed by atoms with van der Waals surface area (Å²) in [6, 6.07) is 5.30. The van der Waals surface area contributed by atoms with Gasteiger partial charge in [-0.15, -0.1) is 12.3 Å². The molecule has 0 bridgehead atoms. The van der Waals surface area contributed by atoms with Crippen molar-refractivity contribution in [3.63, 3.8) is 0 Å². The van der Waals surface area contributed by atoms with E-state index in [9.17, 15) is 0 Å². The van der Waals surface area contributed by atoms with Crippen molar-refractivity contribution in [2.45, 2.75) is 18.9 Å². The highest BCUT2D eigenvalue weighted by Gasteiger charge is 2.27. The number of methoxy groups -OCH3 is 1. The quantitative estimate of drug-likeness (QED) is 0.732. The molecule has 1 atom stereocenters. The summed E-state index contributed by atoms with van der Waals surface area (Å²) in [5, 5.41) is 1.17. The Hall–Kier alpha value is -0.680. The summed E-state index contributed by atoms with van der Waals surface area (Å²) in [5.41, 5.74) is 0.296. The van der Waals surface area contributed by atoms with E-state index in [-0.39, 0.29) is 0 Å². The van der Waals surface area contributed by atoms with Gasteiger partial charge in [0.15, 0.2) is 0 Å². The van der Waals surface area contributed by atoms with Crippen LogP contribution in [0.2, 0.25) is 10.0 Å². The van der Waals surface area contributed by atoms with Gasteiger partial charge in [0.2, 0.25) is 0 Å². The Morgan fingerprint density at radius 3 is 2.60 bits per heavy atom. The standard InChI is InChI=1S/C12H12Cl2O/c1-4-7-12(2,15-3)10-6-5-9(13)8-11(10)14/h1,5-6,8H,7H2,2-3H3. The fourth-order valence-electron chi connectivity index (χ4n) is 1.39. The lowest BCUT2D eigenvalue weighted by molar-refractivity contribution is 0.00656. The molecule has 1 aromatic rings. The van der Waals surface area contributed by atoms with E-state index >= 15 is 0 Å². The molecule has 0 aliphatic rings. The molecule has 1 nitrogen and oxygen atoms in total. The summed E-state index contributed by atoms with van der Waals surface area (Å²) in [7, 11) is 1.61. The molecule has 0 amide bonds. The Kier molecular flexibility index (Phi) is 4.04. The molecule has 0 fully saturated rings. The average Bonchev–Trinajstić information content (AvgIpc) is 2.17. The normalized spacial score (nSPS) is 14.3. The largest absolute Gasteiger partial charge is 0.373 e. The minimum atomic E-state index is -0.559. The molecule has 80 valence electrons. The first-order chi connectivity index (χ1) is 7.03. The number of benzene rings is 1. The number of rotatable bonds is 3. The van der Waals surface area contributed by atoms with E-state index < -0.39 is 5.60 Å². The molecule has 3 heteroatoms. The second-order valence-electron chi connectivity index (χ2n) is 3.44. The second kappa shape index (κ2) is 4.90. The third-order valence-corrected chi connectivity index (χ3v) is 2.94. The van der Waals surface area contributed by atoms with E-state index in [1.165, 1.54) is 0 Å². The first kappa shape index (κ1) is 12.4. The van der Waals surface area contributed by atoms with Crippen LogP contribution in [0.15, 0.2) is 18.2 Å². The van der Waals surface area contributed by atoms with E-state index in [4.69, 9.17) is 34.4 Å². The Labute approximate surface area is 100 Å². The zero-order valence-corrected chi connectivity index (χ0v) is 10.2. The summed E-state index contributed by atoms with van der Waals surface area (Å²) in [6.07, 6.45) is 5.77. The Balaban J connectivity index is 3.19. The molecule has 0 saturated heterocycles. The molecule has 1 aromatic carbocycles. The molecule has 0 heterocycles. The lowest BCUT2D eigenvalue weighted by Crippen LogP contribution is -2.24. The van der Waals surface area contributed by atoms with E-state index in [1.54, 1.807) is 19.2 Å². The van der Waals surface area contributed by atoms with Gasteiger partial charge in [-0.1, -0.05) is 29.3 Å². The van der Waals surface area contributed by atoms with E-state index in [0.29, 0.717) is 16.5 Å². The molecular formula is C12H12Cl2O. The van der Waals surface area contributed by atoms with Gasteiger partial charge in [-0.05, 0) is 19.1 Å². The number of ether oxygens (including phenoxy) is 1. The minimum absolute atomic E-state index is 0.463. The van der Waals surface area contributed by atoms with Gasteiger partial charge in [0.25, 0.3) is 0 Å². The first-order valence-electron chi connectivity index (χ1n) is 4.47. The summed E-state index contributed by atoms with van der Waals surface area (Å²) >= 11 is 11.9. The number of hydrogen-bond acceptors (Lipinski definition) is 1. The van der Waals surface area contributed by atoms with Gasteiger partial charge < -0.3 is 4.74 Å². The molecule has 0 saturated carbocycles. The van der Waals surface area contributed by atoms with Crippen LogP contribution < -0.4 is 0 Å². The van der Waals surface area contributed by atoms with Gasteiger partial charge in [-0.3, -0.25) is 0 Å². The maximum Gasteiger partial charge on any atom is 0.102 e. The van der Waals surface area contributed by atoms with Crippen LogP contribution in [0, 0.1) is 12.3 Å². The Morgan fingerprint density at radius 1 is 1.47 bits per heavy atom. The highest BCUT2D eigenvalue weighted by Crippen LogP contribution is 2.34. The van der Waals surface area contributed by atoms with Crippen LogP contribution in [0.5, 0.6) is 0 Å². The van der Waals surface area contributed by atoms with Crippen LogP contribution in [-0.2, 0) is 10.3 Å². The van der Waals surface area contributed by atoms with Crippen LogP contribution >= 0.6 is 23.2 Å².